The molecule has 0 spiro atoms. The first-order chi connectivity index (χ1) is 15.3. The Morgan fingerprint density at radius 1 is 0.938 bits per heavy atom. The number of benzene rings is 2. The maximum absolute atomic E-state index is 8.49. The van der Waals surface area contributed by atoms with Crippen LogP contribution in [0.25, 0.3) is 16.3 Å². The average molecular weight is 491 g/mol. The van der Waals surface area contributed by atoms with Crippen LogP contribution >= 0.6 is 23.1 Å². The lowest BCUT2D eigenvalue weighted by Gasteiger charge is -2.17. The van der Waals surface area contributed by atoms with Gasteiger partial charge < -0.3 is 4.90 Å². The first-order valence-corrected chi connectivity index (χ1v) is 12.8. The molecule has 6 nitrogen and oxygen atoms in total. The average Bonchev–Trinajstić information content (AvgIpc) is 3.29. The molecule has 0 saturated heterocycles. The number of aromatic nitrogens is 1. The number of aryl methyl sites for hydroxylation is 1. The molecule has 1 aliphatic rings. The number of para-hydroxylation sites is 2. The second kappa shape index (κ2) is 11.1. The first-order valence-electron chi connectivity index (χ1n) is 9.94. The molecule has 2 heterocycles. The number of fused-ring (bicyclic) bond motifs is 2. The maximum Gasteiger partial charge on any atom is 0.262 e. The van der Waals surface area contributed by atoms with E-state index in [1.807, 2.05) is 23.1 Å². The molecule has 0 bridgehead atoms. The molecule has 0 radical (unpaired) electrons. The molecule has 0 atom stereocenters. The summed E-state index contributed by atoms with van der Waals surface area (Å²) in [6, 6.07) is 17.2. The molecular weight excluding hydrogens is 468 g/mol. The summed E-state index contributed by atoms with van der Waals surface area (Å²) in [5.74, 6) is 0. The number of thioether (sulfide) groups is 1. The molecule has 0 N–H and O–H groups in total. The van der Waals surface area contributed by atoms with Gasteiger partial charge in [0.1, 0.15) is 11.2 Å². The molecule has 3 aromatic rings. The highest BCUT2D eigenvalue weighted by Gasteiger charge is 2.22. The number of hydrogen-bond acceptors (Lipinski definition) is 7. The van der Waals surface area contributed by atoms with Gasteiger partial charge in [-0.05, 0) is 38.1 Å². The Morgan fingerprint density at radius 2 is 1.62 bits per heavy atom. The van der Waals surface area contributed by atoms with E-state index < -0.39 is 10.2 Å². The summed E-state index contributed by atoms with van der Waals surface area (Å²) in [6.45, 7) is 6.37. The van der Waals surface area contributed by atoms with Crippen LogP contribution in [0.2, 0.25) is 0 Å². The van der Waals surface area contributed by atoms with Crippen LogP contribution in [0.1, 0.15) is 18.9 Å². The monoisotopic (exact) mass is 490 g/mol. The van der Waals surface area contributed by atoms with E-state index >= 15 is 0 Å². The standard InChI is InChI=1S/C23H23N2S2.ClHO4/c1-3-24-18-12-8-10-14-20(18)26-22(24)16-6-5-7-17-23-25(4-2)19-13-9-11-15-21(19)27-23;2-1(3,4)5/h5-17H,3-4H2,1-2H3;(H,2,3,4,5)/q+1;/p-1. The summed E-state index contributed by atoms with van der Waals surface area (Å²) in [4.78, 5) is 3.70. The van der Waals surface area contributed by atoms with Gasteiger partial charge in [0, 0.05) is 23.6 Å². The van der Waals surface area contributed by atoms with Crippen LogP contribution in [-0.4, -0.2) is 6.54 Å². The van der Waals surface area contributed by atoms with Crippen LogP contribution < -0.4 is 28.1 Å². The molecule has 0 unspecified atom stereocenters. The van der Waals surface area contributed by atoms with Crippen molar-refractivity contribution in [2.45, 2.75) is 25.3 Å². The van der Waals surface area contributed by atoms with Crippen LogP contribution in [0.4, 0.5) is 5.69 Å². The Kier molecular flexibility index (Phi) is 8.50. The van der Waals surface area contributed by atoms with Crippen molar-refractivity contribution in [1.82, 2.24) is 0 Å². The number of allylic oxidation sites excluding steroid dienone is 4. The number of rotatable bonds is 5. The molecular formula is C23H23ClN2O4S2. The predicted octanol–water partition coefficient (Wildman–Crippen LogP) is 1.50. The summed E-state index contributed by atoms with van der Waals surface area (Å²) in [5, 5.41) is 2.57. The van der Waals surface area contributed by atoms with Crippen LogP contribution in [0.3, 0.4) is 0 Å². The zero-order chi connectivity index (χ0) is 23.1. The Morgan fingerprint density at radius 3 is 2.34 bits per heavy atom. The van der Waals surface area contributed by atoms with Crippen molar-refractivity contribution in [3.8, 4) is 0 Å². The molecule has 4 rings (SSSR count). The first kappa shape index (κ1) is 24.5. The highest BCUT2D eigenvalue weighted by molar-refractivity contribution is 8.03. The fourth-order valence-electron chi connectivity index (χ4n) is 3.35. The van der Waals surface area contributed by atoms with Gasteiger partial charge in [-0.15, -0.1) is 10.2 Å². The number of halogens is 1. The lowest BCUT2D eigenvalue weighted by Crippen LogP contribution is -2.68. The molecule has 9 heteroatoms. The van der Waals surface area contributed by atoms with Crippen LogP contribution in [0.5, 0.6) is 0 Å². The second-order valence-electron chi connectivity index (χ2n) is 6.59. The summed E-state index contributed by atoms with van der Waals surface area (Å²) in [6.07, 6.45) is 10.8. The topological polar surface area (TPSA) is 99.4 Å². The van der Waals surface area contributed by atoms with Crippen molar-refractivity contribution >= 4 is 45.1 Å². The number of anilines is 1. The molecule has 32 heavy (non-hydrogen) atoms. The Labute approximate surface area is 197 Å². The molecule has 168 valence electrons. The minimum atomic E-state index is -4.94. The van der Waals surface area contributed by atoms with Gasteiger partial charge in [-0.25, -0.2) is 18.6 Å². The van der Waals surface area contributed by atoms with Crippen LogP contribution in [-0.2, 0) is 6.54 Å². The lowest BCUT2D eigenvalue weighted by atomic mass is 10.3. The van der Waals surface area contributed by atoms with E-state index in [1.54, 1.807) is 0 Å². The van der Waals surface area contributed by atoms with Crippen LogP contribution in [0, 0.1) is 10.2 Å². The SMILES string of the molecule is CCN1\C(=C/C=C/C=C/c2sc3ccccc3[n+]2CC)Sc2ccccc21.[O-][Cl+3]([O-])([O-])[O-]. The third kappa shape index (κ3) is 6.43. The predicted molar refractivity (Wildman–Crippen MR) is 119 cm³/mol. The highest BCUT2D eigenvalue weighted by atomic mass is 35.7. The van der Waals surface area contributed by atoms with Crippen molar-refractivity contribution < 1.29 is 33.4 Å². The zero-order valence-electron chi connectivity index (χ0n) is 17.6. The molecule has 0 aliphatic carbocycles. The number of hydrogen-bond donors (Lipinski definition) is 0. The third-order valence-electron chi connectivity index (χ3n) is 4.61. The summed E-state index contributed by atoms with van der Waals surface area (Å²) in [7, 11) is -4.94. The van der Waals surface area contributed by atoms with Crippen molar-refractivity contribution in [2.75, 3.05) is 11.4 Å². The van der Waals surface area contributed by atoms with Crippen LogP contribution in [0.15, 0.2) is 82.8 Å². The molecule has 1 aromatic heterocycles. The van der Waals surface area contributed by atoms with E-state index in [0.29, 0.717) is 0 Å². The van der Waals surface area contributed by atoms with Crippen molar-refractivity contribution in [1.29, 1.82) is 0 Å². The minimum Gasteiger partial charge on any atom is -0.335 e. The van der Waals surface area contributed by atoms with Gasteiger partial charge >= 0.3 is 0 Å². The van der Waals surface area contributed by atoms with Gasteiger partial charge in [-0.1, -0.05) is 65.6 Å². The number of thiazole rings is 1. The Balaban J connectivity index is 0.000000523. The zero-order valence-corrected chi connectivity index (χ0v) is 20.0. The van der Waals surface area contributed by atoms with Gasteiger partial charge in [0.15, 0.2) is 0 Å². The van der Waals surface area contributed by atoms with Gasteiger partial charge in [0.25, 0.3) is 5.01 Å². The summed E-state index contributed by atoms with van der Waals surface area (Å²) >= 11 is 3.68. The normalized spacial score (nSPS) is 15.1. The highest BCUT2D eigenvalue weighted by Crippen LogP contribution is 2.45. The molecule has 0 fully saturated rings. The van der Waals surface area contributed by atoms with E-state index in [2.05, 4.69) is 102 Å². The molecule has 0 amide bonds. The van der Waals surface area contributed by atoms with E-state index in [0.717, 1.165) is 13.1 Å². The molecule has 2 aromatic carbocycles. The van der Waals surface area contributed by atoms with Crippen molar-refractivity contribution in [3.05, 3.63) is 82.9 Å². The second-order valence-corrected chi connectivity index (χ2v) is 9.47. The molecule has 1 aliphatic heterocycles. The largest absolute Gasteiger partial charge is 0.335 e. The van der Waals surface area contributed by atoms with E-state index in [9.17, 15) is 0 Å². The van der Waals surface area contributed by atoms with Crippen molar-refractivity contribution in [2.24, 2.45) is 0 Å². The van der Waals surface area contributed by atoms with Gasteiger partial charge in [-0.2, -0.15) is 4.57 Å². The van der Waals surface area contributed by atoms with Gasteiger partial charge in [0.2, 0.25) is 5.52 Å². The fourth-order valence-corrected chi connectivity index (χ4v) is 5.62. The lowest BCUT2D eigenvalue weighted by molar-refractivity contribution is -2.00. The quantitative estimate of drug-likeness (QED) is 0.397. The molecule has 0 saturated carbocycles. The van der Waals surface area contributed by atoms with Crippen molar-refractivity contribution in [3.63, 3.8) is 0 Å². The Bertz CT molecular complexity index is 1150. The summed E-state index contributed by atoms with van der Waals surface area (Å²) in [5.41, 5.74) is 2.63. The van der Waals surface area contributed by atoms with Gasteiger partial charge in [0.05, 0.1) is 10.7 Å². The fraction of sp³-hybridized carbons (Fsp3) is 0.174. The van der Waals surface area contributed by atoms with E-state index in [1.165, 1.54) is 30.8 Å². The van der Waals surface area contributed by atoms with Gasteiger partial charge in [-0.3, -0.25) is 0 Å². The van der Waals surface area contributed by atoms with E-state index in [4.69, 9.17) is 18.6 Å². The maximum atomic E-state index is 8.49. The number of nitrogens with zero attached hydrogens (tertiary/aromatic N) is 2. The Hall–Kier alpha value is -2.17. The summed E-state index contributed by atoms with van der Waals surface area (Å²) < 4.78 is 37.7. The van der Waals surface area contributed by atoms with E-state index in [-0.39, 0.29) is 0 Å². The third-order valence-corrected chi connectivity index (χ3v) is 6.87. The smallest absolute Gasteiger partial charge is 0.262 e. The minimum absolute atomic E-state index is 0.984.